The van der Waals surface area contributed by atoms with E-state index in [9.17, 15) is 8.78 Å². The van der Waals surface area contributed by atoms with Crippen LogP contribution in [-0.2, 0) is 5.33 Å². The van der Waals surface area contributed by atoms with E-state index in [-0.39, 0.29) is 5.75 Å². The Bertz CT molecular complexity index is 253. The number of benzene rings is 1. The summed E-state index contributed by atoms with van der Waals surface area (Å²) in [5, 5.41) is 0.632. The van der Waals surface area contributed by atoms with Crippen LogP contribution >= 0.6 is 15.9 Å². The molecule has 0 spiro atoms. The van der Waals surface area contributed by atoms with Gasteiger partial charge in [0.15, 0.2) is 0 Å². The van der Waals surface area contributed by atoms with Crippen molar-refractivity contribution in [2.75, 3.05) is 0 Å². The summed E-state index contributed by atoms with van der Waals surface area (Å²) in [5.74, 6) is 0.196. The predicted molar refractivity (Wildman–Crippen MR) is 45.7 cm³/mol. The number of rotatable bonds is 3. The van der Waals surface area contributed by atoms with Crippen LogP contribution < -0.4 is 4.74 Å². The molecule has 66 valence electrons. The van der Waals surface area contributed by atoms with Crippen LogP contribution in [0.4, 0.5) is 8.78 Å². The van der Waals surface area contributed by atoms with Crippen molar-refractivity contribution >= 4 is 15.9 Å². The maximum Gasteiger partial charge on any atom is 0.387 e. The molecule has 0 atom stereocenters. The Morgan fingerprint density at radius 1 is 1.42 bits per heavy atom. The van der Waals surface area contributed by atoms with Crippen molar-refractivity contribution in [1.82, 2.24) is 0 Å². The van der Waals surface area contributed by atoms with Gasteiger partial charge in [-0.15, -0.1) is 0 Å². The first-order valence-electron chi connectivity index (χ1n) is 3.32. The van der Waals surface area contributed by atoms with E-state index in [0.717, 1.165) is 5.56 Å². The Morgan fingerprint density at radius 3 is 2.75 bits per heavy atom. The Kier molecular flexibility index (Phi) is 3.47. The third kappa shape index (κ3) is 2.77. The molecule has 0 saturated carbocycles. The van der Waals surface area contributed by atoms with Gasteiger partial charge in [0, 0.05) is 5.33 Å². The van der Waals surface area contributed by atoms with Gasteiger partial charge in [0.05, 0.1) is 0 Å². The summed E-state index contributed by atoms with van der Waals surface area (Å²) in [6.07, 6.45) is 0. The monoisotopic (exact) mass is 236 g/mol. The summed E-state index contributed by atoms with van der Waals surface area (Å²) >= 11 is 3.21. The molecule has 0 radical (unpaired) electrons. The second-order valence-corrected chi connectivity index (χ2v) is 2.72. The molecule has 0 saturated heterocycles. The molecule has 0 fully saturated rings. The van der Waals surface area contributed by atoms with Crippen LogP contribution in [0.3, 0.4) is 0 Å². The van der Waals surface area contributed by atoms with Crippen molar-refractivity contribution in [3.63, 3.8) is 0 Å². The maximum absolute atomic E-state index is 11.7. The van der Waals surface area contributed by atoms with Crippen molar-refractivity contribution in [2.24, 2.45) is 0 Å². The van der Waals surface area contributed by atoms with Gasteiger partial charge in [0.1, 0.15) is 5.75 Å². The standard InChI is InChI=1S/C8H7BrF2O/c9-5-6-2-1-3-7(4-6)12-8(10)11/h1-4,8H,5H2. The first-order chi connectivity index (χ1) is 5.72. The number of halogens is 3. The molecule has 1 aromatic carbocycles. The highest BCUT2D eigenvalue weighted by atomic mass is 79.9. The van der Waals surface area contributed by atoms with Gasteiger partial charge in [-0.05, 0) is 17.7 Å². The smallest absolute Gasteiger partial charge is 0.387 e. The first kappa shape index (κ1) is 9.45. The number of ether oxygens (including phenoxy) is 1. The van der Waals surface area contributed by atoms with Crippen molar-refractivity contribution in [3.8, 4) is 5.75 Å². The molecule has 4 heteroatoms. The fourth-order valence-electron chi connectivity index (χ4n) is 0.805. The molecule has 0 aliphatic heterocycles. The van der Waals surface area contributed by atoms with E-state index in [4.69, 9.17) is 0 Å². The third-order valence-electron chi connectivity index (χ3n) is 1.28. The van der Waals surface area contributed by atoms with E-state index in [1.54, 1.807) is 12.1 Å². The van der Waals surface area contributed by atoms with Gasteiger partial charge in [-0.3, -0.25) is 0 Å². The highest BCUT2D eigenvalue weighted by Crippen LogP contribution is 2.17. The lowest BCUT2D eigenvalue weighted by molar-refractivity contribution is -0.0498. The summed E-state index contributed by atoms with van der Waals surface area (Å²) in [4.78, 5) is 0. The summed E-state index contributed by atoms with van der Waals surface area (Å²) in [6, 6.07) is 6.57. The molecular formula is C8H7BrF2O. The lowest BCUT2D eigenvalue weighted by atomic mass is 10.2. The van der Waals surface area contributed by atoms with Crippen LogP contribution in [0.25, 0.3) is 0 Å². The highest BCUT2D eigenvalue weighted by Gasteiger charge is 2.03. The molecule has 0 aromatic heterocycles. The molecule has 1 rings (SSSR count). The van der Waals surface area contributed by atoms with Gasteiger partial charge in [-0.2, -0.15) is 8.78 Å². The van der Waals surface area contributed by atoms with Gasteiger partial charge < -0.3 is 4.74 Å². The van der Waals surface area contributed by atoms with Crippen LogP contribution in [0.1, 0.15) is 5.56 Å². The second-order valence-electron chi connectivity index (χ2n) is 2.16. The van der Waals surface area contributed by atoms with Gasteiger partial charge in [-0.1, -0.05) is 28.1 Å². The Hall–Kier alpha value is -0.640. The predicted octanol–water partition coefficient (Wildman–Crippen LogP) is 3.18. The number of hydrogen-bond donors (Lipinski definition) is 0. The van der Waals surface area contributed by atoms with Crippen molar-refractivity contribution in [1.29, 1.82) is 0 Å². The molecule has 1 nitrogen and oxygen atoms in total. The van der Waals surface area contributed by atoms with Crippen LogP contribution in [0, 0.1) is 0 Å². The minimum absolute atomic E-state index is 0.196. The van der Waals surface area contributed by atoms with E-state index < -0.39 is 6.61 Å². The zero-order chi connectivity index (χ0) is 8.97. The SMILES string of the molecule is FC(F)Oc1cccc(CBr)c1. The Labute approximate surface area is 77.5 Å². The van der Waals surface area contributed by atoms with Crippen molar-refractivity contribution < 1.29 is 13.5 Å². The topological polar surface area (TPSA) is 9.23 Å². The first-order valence-corrected chi connectivity index (χ1v) is 4.44. The van der Waals surface area contributed by atoms with Gasteiger partial charge in [0.25, 0.3) is 0 Å². The molecular weight excluding hydrogens is 230 g/mol. The second kappa shape index (κ2) is 4.40. The van der Waals surface area contributed by atoms with Crippen molar-refractivity contribution in [3.05, 3.63) is 29.8 Å². The summed E-state index contributed by atoms with van der Waals surface area (Å²) in [7, 11) is 0. The van der Waals surface area contributed by atoms with Crippen LogP contribution in [-0.4, -0.2) is 6.61 Å². The quantitative estimate of drug-likeness (QED) is 0.733. The molecule has 12 heavy (non-hydrogen) atoms. The van der Waals surface area contributed by atoms with E-state index in [1.807, 2.05) is 6.07 Å². The van der Waals surface area contributed by atoms with E-state index in [1.165, 1.54) is 6.07 Å². The van der Waals surface area contributed by atoms with Gasteiger partial charge in [-0.25, -0.2) is 0 Å². The van der Waals surface area contributed by atoms with Crippen molar-refractivity contribution in [2.45, 2.75) is 11.9 Å². The fourth-order valence-corrected chi connectivity index (χ4v) is 1.15. The molecule has 0 bridgehead atoms. The molecule has 0 aliphatic carbocycles. The largest absolute Gasteiger partial charge is 0.435 e. The van der Waals surface area contributed by atoms with Gasteiger partial charge in [0.2, 0.25) is 0 Å². The maximum atomic E-state index is 11.7. The Morgan fingerprint density at radius 2 is 2.17 bits per heavy atom. The van der Waals surface area contributed by atoms with Crippen LogP contribution in [0.15, 0.2) is 24.3 Å². The zero-order valence-electron chi connectivity index (χ0n) is 6.14. The molecule has 0 N–H and O–H groups in total. The molecule has 0 amide bonds. The lowest BCUT2D eigenvalue weighted by Gasteiger charge is -2.04. The average Bonchev–Trinajstić information content (AvgIpc) is 2.03. The number of alkyl halides is 3. The highest BCUT2D eigenvalue weighted by molar-refractivity contribution is 9.08. The minimum Gasteiger partial charge on any atom is -0.435 e. The normalized spacial score (nSPS) is 10.3. The van der Waals surface area contributed by atoms with E-state index in [2.05, 4.69) is 20.7 Å². The molecule has 0 heterocycles. The fraction of sp³-hybridized carbons (Fsp3) is 0.250. The lowest BCUT2D eigenvalue weighted by Crippen LogP contribution is -2.01. The number of hydrogen-bond acceptors (Lipinski definition) is 1. The Balaban J connectivity index is 2.72. The zero-order valence-corrected chi connectivity index (χ0v) is 7.72. The summed E-state index contributed by atoms with van der Waals surface area (Å²) < 4.78 is 27.6. The summed E-state index contributed by atoms with van der Waals surface area (Å²) in [6.45, 7) is -2.75. The molecule has 1 aromatic rings. The van der Waals surface area contributed by atoms with E-state index in [0.29, 0.717) is 5.33 Å². The van der Waals surface area contributed by atoms with Crippen LogP contribution in [0.2, 0.25) is 0 Å². The van der Waals surface area contributed by atoms with E-state index >= 15 is 0 Å². The third-order valence-corrected chi connectivity index (χ3v) is 1.93. The summed E-state index contributed by atoms with van der Waals surface area (Å²) in [5.41, 5.74) is 0.910. The molecule has 0 aliphatic rings. The van der Waals surface area contributed by atoms with Crippen LogP contribution in [0.5, 0.6) is 5.75 Å². The average molecular weight is 237 g/mol. The minimum atomic E-state index is -2.75. The molecule has 0 unspecified atom stereocenters. The van der Waals surface area contributed by atoms with Gasteiger partial charge >= 0.3 is 6.61 Å².